The number of hydrogen-bond acceptors (Lipinski definition) is 3. The SMILES string of the molecule is CCNC(=NCC1CCN(CC(F)(F)F)C1)NCCCOCC(C)C.I. The summed E-state index contributed by atoms with van der Waals surface area (Å²) in [5, 5.41) is 6.42. The largest absolute Gasteiger partial charge is 0.401 e. The van der Waals surface area contributed by atoms with Crippen molar-refractivity contribution in [2.75, 3.05) is 52.5 Å². The minimum Gasteiger partial charge on any atom is -0.381 e. The zero-order valence-electron chi connectivity index (χ0n) is 16.1. The standard InChI is InChI=1S/C17H33F3N4O.HI/c1-4-21-16(22-7-5-9-25-12-14(2)3)23-10-15-6-8-24(11-15)13-17(18,19)20;/h14-15H,4-13H2,1-3H3,(H2,21,22,23);1H. The molecule has 1 fully saturated rings. The molecule has 1 aliphatic heterocycles. The van der Waals surface area contributed by atoms with E-state index in [9.17, 15) is 13.2 Å². The van der Waals surface area contributed by atoms with E-state index in [1.807, 2.05) is 6.92 Å². The van der Waals surface area contributed by atoms with Gasteiger partial charge in [-0.15, -0.1) is 24.0 Å². The Morgan fingerprint density at radius 2 is 2.04 bits per heavy atom. The molecule has 0 saturated carbocycles. The molecule has 1 atom stereocenters. The molecule has 0 bridgehead atoms. The molecule has 1 heterocycles. The maximum Gasteiger partial charge on any atom is 0.401 e. The van der Waals surface area contributed by atoms with Gasteiger partial charge in [0, 0.05) is 39.4 Å². The Bertz CT molecular complexity index is 395. The first-order valence-corrected chi connectivity index (χ1v) is 9.19. The van der Waals surface area contributed by atoms with Crippen molar-refractivity contribution in [2.24, 2.45) is 16.8 Å². The molecule has 0 aliphatic carbocycles. The number of rotatable bonds is 10. The number of halogens is 4. The van der Waals surface area contributed by atoms with Crippen LogP contribution in [-0.4, -0.2) is 69.5 Å². The molecule has 26 heavy (non-hydrogen) atoms. The maximum atomic E-state index is 12.4. The quantitative estimate of drug-likeness (QED) is 0.212. The number of guanidine groups is 1. The van der Waals surface area contributed by atoms with Crippen LogP contribution in [0.5, 0.6) is 0 Å². The zero-order chi connectivity index (χ0) is 18.7. The molecule has 0 aromatic rings. The predicted octanol–water partition coefficient (Wildman–Crippen LogP) is 3.11. The fourth-order valence-electron chi connectivity index (χ4n) is 2.72. The summed E-state index contributed by atoms with van der Waals surface area (Å²) in [6, 6.07) is 0. The molecule has 5 nitrogen and oxygen atoms in total. The molecule has 1 unspecified atom stereocenters. The zero-order valence-corrected chi connectivity index (χ0v) is 18.4. The third kappa shape index (κ3) is 13.0. The minimum atomic E-state index is -4.12. The number of aliphatic imine (C=N–C) groups is 1. The van der Waals surface area contributed by atoms with Gasteiger partial charge in [-0.1, -0.05) is 13.8 Å². The van der Waals surface area contributed by atoms with E-state index in [0.29, 0.717) is 32.2 Å². The third-order valence-electron chi connectivity index (χ3n) is 3.83. The molecular formula is C17H34F3IN4O. The van der Waals surface area contributed by atoms with Gasteiger partial charge in [0.1, 0.15) is 0 Å². The molecule has 1 aliphatic rings. The van der Waals surface area contributed by atoms with Gasteiger partial charge in [0.25, 0.3) is 0 Å². The fourth-order valence-corrected chi connectivity index (χ4v) is 2.72. The van der Waals surface area contributed by atoms with Crippen LogP contribution in [0.2, 0.25) is 0 Å². The van der Waals surface area contributed by atoms with Gasteiger partial charge in [0.15, 0.2) is 5.96 Å². The van der Waals surface area contributed by atoms with Crippen molar-refractivity contribution in [1.82, 2.24) is 15.5 Å². The topological polar surface area (TPSA) is 48.9 Å². The molecule has 0 spiro atoms. The molecule has 0 radical (unpaired) electrons. The third-order valence-corrected chi connectivity index (χ3v) is 3.83. The lowest BCUT2D eigenvalue weighted by Gasteiger charge is -2.17. The molecule has 1 rings (SSSR count). The van der Waals surface area contributed by atoms with Crippen LogP contribution in [0.15, 0.2) is 4.99 Å². The summed E-state index contributed by atoms with van der Waals surface area (Å²) >= 11 is 0. The summed E-state index contributed by atoms with van der Waals surface area (Å²) in [6.07, 6.45) is -2.46. The number of nitrogens with one attached hydrogen (secondary N) is 2. The van der Waals surface area contributed by atoms with Gasteiger partial charge in [-0.3, -0.25) is 9.89 Å². The van der Waals surface area contributed by atoms with E-state index in [2.05, 4.69) is 29.5 Å². The second-order valence-corrected chi connectivity index (χ2v) is 6.97. The van der Waals surface area contributed by atoms with Crippen LogP contribution < -0.4 is 10.6 Å². The number of hydrogen-bond donors (Lipinski definition) is 2. The Kier molecular flexibility index (Phi) is 13.7. The highest BCUT2D eigenvalue weighted by Gasteiger charge is 2.34. The average molecular weight is 494 g/mol. The molecule has 156 valence electrons. The van der Waals surface area contributed by atoms with E-state index in [4.69, 9.17) is 4.74 Å². The molecular weight excluding hydrogens is 460 g/mol. The van der Waals surface area contributed by atoms with Crippen LogP contribution in [0.25, 0.3) is 0 Å². The summed E-state index contributed by atoms with van der Waals surface area (Å²) in [5.74, 6) is 1.45. The first-order valence-electron chi connectivity index (χ1n) is 9.19. The normalized spacial score (nSPS) is 18.9. The first-order chi connectivity index (χ1) is 11.8. The van der Waals surface area contributed by atoms with Gasteiger partial charge in [-0.25, -0.2) is 0 Å². The molecule has 0 aromatic carbocycles. The van der Waals surface area contributed by atoms with Crippen molar-refractivity contribution >= 4 is 29.9 Å². The lowest BCUT2D eigenvalue weighted by molar-refractivity contribution is -0.143. The molecule has 0 amide bonds. The highest BCUT2D eigenvalue weighted by molar-refractivity contribution is 14.0. The van der Waals surface area contributed by atoms with Crippen molar-refractivity contribution in [2.45, 2.75) is 39.8 Å². The Labute approximate surface area is 172 Å². The highest BCUT2D eigenvalue weighted by atomic mass is 127. The van der Waals surface area contributed by atoms with Crippen molar-refractivity contribution in [3.8, 4) is 0 Å². The van der Waals surface area contributed by atoms with Crippen LogP contribution in [0.1, 0.15) is 33.6 Å². The van der Waals surface area contributed by atoms with Crippen molar-refractivity contribution in [1.29, 1.82) is 0 Å². The smallest absolute Gasteiger partial charge is 0.381 e. The summed E-state index contributed by atoms with van der Waals surface area (Å²) in [7, 11) is 0. The van der Waals surface area contributed by atoms with Gasteiger partial charge < -0.3 is 15.4 Å². The molecule has 9 heteroatoms. The van der Waals surface area contributed by atoms with Crippen LogP contribution >= 0.6 is 24.0 Å². The monoisotopic (exact) mass is 494 g/mol. The highest BCUT2D eigenvalue weighted by Crippen LogP contribution is 2.22. The van der Waals surface area contributed by atoms with Gasteiger partial charge in [0.2, 0.25) is 0 Å². The number of likely N-dealkylation sites (tertiary alicyclic amines) is 1. The Hall–Kier alpha value is -0.290. The summed E-state index contributed by atoms with van der Waals surface area (Å²) in [5.41, 5.74) is 0. The van der Waals surface area contributed by atoms with Crippen LogP contribution in [0, 0.1) is 11.8 Å². The summed E-state index contributed by atoms with van der Waals surface area (Å²) in [6.45, 7) is 9.90. The fraction of sp³-hybridized carbons (Fsp3) is 0.941. The number of nitrogens with zero attached hydrogens (tertiary/aromatic N) is 2. The van der Waals surface area contributed by atoms with Crippen LogP contribution in [0.4, 0.5) is 13.2 Å². The molecule has 2 N–H and O–H groups in total. The van der Waals surface area contributed by atoms with Gasteiger partial charge in [-0.2, -0.15) is 13.2 Å². The molecule has 1 saturated heterocycles. The molecule has 0 aromatic heterocycles. The number of alkyl halides is 3. The van der Waals surface area contributed by atoms with E-state index in [1.54, 1.807) is 0 Å². The number of ether oxygens (including phenoxy) is 1. The van der Waals surface area contributed by atoms with Gasteiger partial charge in [0.05, 0.1) is 6.54 Å². The lowest BCUT2D eigenvalue weighted by Crippen LogP contribution is -2.38. The van der Waals surface area contributed by atoms with Crippen molar-refractivity contribution in [3.63, 3.8) is 0 Å². The van der Waals surface area contributed by atoms with E-state index >= 15 is 0 Å². The lowest BCUT2D eigenvalue weighted by atomic mass is 10.1. The van der Waals surface area contributed by atoms with E-state index in [-0.39, 0.29) is 29.9 Å². The first kappa shape index (κ1) is 25.7. The van der Waals surface area contributed by atoms with E-state index in [1.165, 1.54) is 4.90 Å². The Morgan fingerprint density at radius 1 is 1.31 bits per heavy atom. The van der Waals surface area contributed by atoms with Crippen LogP contribution in [0.3, 0.4) is 0 Å². The second-order valence-electron chi connectivity index (χ2n) is 6.97. The predicted molar refractivity (Wildman–Crippen MR) is 110 cm³/mol. The minimum absolute atomic E-state index is 0. The second kappa shape index (κ2) is 13.8. The maximum absolute atomic E-state index is 12.4. The van der Waals surface area contributed by atoms with Crippen molar-refractivity contribution in [3.05, 3.63) is 0 Å². The van der Waals surface area contributed by atoms with E-state index in [0.717, 1.165) is 38.5 Å². The Balaban J connectivity index is 0.00000625. The Morgan fingerprint density at radius 3 is 2.65 bits per heavy atom. The van der Waals surface area contributed by atoms with Gasteiger partial charge in [-0.05, 0) is 38.1 Å². The summed E-state index contributed by atoms with van der Waals surface area (Å²) < 4.78 is 42.8. The van der Waals surface area contributed by atoms with Crippen LogP contribution in [-0.2, 0) is 4.74 Å². The van der Waals surface area contributed by atoms with Crippen molar-refractivity contribution < 1.29 is 17.9 Å². The van der Waals surface area contributed by atoms with Gasteiger partial charge >= 0.3 is 6.18 Å². The summed E-state index contributed by atoms with van der Waals surface area (Å²) in [4.78, 5) is 5.98. The average Bonchev–Trinajstić information content (AvgIpc) is 2.93. The van der Waals surface area contributed by atoms with E-state index < -0.39 is 12.7 Å².